The van der Waals surface area contributed by atoms with Gasteiger partial charge in [0.2, 0.25) is 0 Å². The third-order valence-corrected chi connectivity index (χ3v) is 17.0. The van der Waals surface area contributed by atoms with E-state index in [0.29, 0.717) is 17.4 Å². The van der Waals surface area contributed by atoms with Gasteiger partial charge in [-0.3, -0.25) is 14.2 Å². The molecule has 0 aromatic carbocycles. The Balaban J connectivity index is 3.83. The number of nitrogens with zero attached hydrogens (tertiary/aromatic N) is 1. The van der Waals surface area contributed by atoms with Gasteiger partial charge in [-0.05, 0) is 38.5 Å². The molecule has 0 amide bonds. The van der Waals surface area contributed by atoms with Crippen LogP contribution in [0.4, 0.5) is 0 Å². The quantitative estimate of drug-likeness (QED) is 0.0195. The predicted octanol–water partition coefficient (Wildman–Crippen LogP) is 21.7. The van der Waals surface area contributed by atoms with Gasteiger partial charge < -0.3 is 27.9 Å². The molecule has 0 fully saturated rings. The summed E-state index contributed by atoms with van der Waals surface area (Å²) in [7, 11) is 1.18. The van der Waals surface area contributed by atoms with Crippen molar-refractivity contribution < 1.29 is 42.1 Å². The van der Waals surface area contributed by atoms with Crippen LogP contribution in [0.25, 0.3) is 0 Å². The molecule has 0 aromatic heterocycles. The highest BCUT2D eigenvalue weighted by atomic mass is 31.2. The molecule has 470 valence electrons. The zero-order chi connectivity index (χ0) is 57.7. The molecular weight excluding hydrogens is 1000 g/mol. The van der Waals surface area contributed by atoms with E-state index in [1.54, 1.807) is 0 Å². The molecule has 2 unspecified atom stereocenters. The summed E-state index contributed by atoms with van der Waals surface area (Å²) in [5.74, 6) is -0.823. The van der Waals surface area contributed by atoms with Crippen LogP contribution in [0, 0.1) is 0 Å². The molecule has 0 bridgehead atoms. The Kier molecular flexibility index (Phi) is 60.3. The van der Waals surface area contributed by atoms with Crippen molar-refractivity contribution in [3.63, 3.8) is 0 Å². The van der Waals surface area contributed by atoms with Crippen molar-refractivity contribution in [2.24, 2.45) is 0 Å². The molecule has 2 atom stereocenters. The lowest BCUT2D eigenvalue weighted by Crippen LogP contribution is -2.37. The highest BCUT2D eigenvalue weighted by molar-refractivity contribution is 7.45. The first-order chi connectivity index (χ1) is 38.5. The first-order valence-corrected chi connectivity index (χ1v) is 36.4. The van der Waals surface area contributed by atoms with Crippen molar-refractivity contribution in [2.75, 3.05) is 47.5 Å². The number of rotatable bonds is 66. The van der Waals surface area contributed by atoms with E-state index in [9.17, 15) is 19.0 Å². The highest BCUT2D eigenvalue weighted by Crippen LogP contribution is 2.38. The molecule has 0 radical (unpaired) electrons. The summed E-state index contributed by atoms with van der Waals surface area (Å²) in [6.07, 6.45) is 74.7. The molecule has 0 saturated heterocycles. The summed E-state index contributed by atoms with van der Waals surface area (Å²) in [6, 6.07) is 0. The summed E-state index contributed by atoms with van der Waals surface area (Å²) in [5.41, 5.74) is 0. The Morgan fingerprint density at radius 3 is 0.937 bits per heavy atom. The summed E-state index contributed by atoms with van der Waals surface area (Å²) in [5, 5.41) is 0. The monoisotopic (exact) mass is 1140 g/mol. The van der Waals surface area contributed by atoms with Crippen LogP contribution in [0.15, 0.2) is 12.2 Å². The molecule has 0 aliphatic heterocycles. The summed E-state index contributed by atoms with van der Waals surface area (Å²) < 4.78 is 34.2. The number of quaternary nitrogens is 1. The topological polar surface area (TPSA) is 111 Å². The maximum atomic E-state index is 12.8. The Labute approximate surface area is 492 Å². The van der Waals surface area contributed by atoms with Crippen LogP contribution in [0.3, 0.4) is 0 Å². The van der Waals surface area contributed by atoms with Gasteiger partial charge in [-0.15, -0.1) is 0 Å². The molecule has 10 heteroatoms. The number of unbranched alkanes of at least 4 members (excludes halogenated alkanes) is 50. The van der Waals surface area contributed by atoms with E-state index in [1.165, 1.54) is 283 Å². The van der Waals surface area contributed by atoms with Gasteiger partial charge in [0.25, 0.3) is 7.82 Å². The van der Waals surface area contributed by atoms with Crippen molar-refractivity contribution in [3.8, 4) is 0 Å². The SMILES string of the molecule is CCCCCCCCC/C=C\CCCCCCCC(=O)OC(COC(=O)CCCCCCCCCCCCCCCCCCCCCCCCCCCCCCCCCCCCCCCCC)COP(=O)([O-])OCC[N+](C)(C)C. The third-order valence-electron chi connectivity index (χ3n) is 16.0. The number of carbonyl (C=O) groups is 2. The van der Waals surface area contributed by atoms with Gasteiger partial charge in [0, 0.05) is 12.8 Å². The second-order valence-corrected chi connectivity index (χ2v) is 26.7. The van der Waals surface area contributed by atoms with Gasteiger partial charge >= 0.3 is 11.9 Å². The number of phosphoric ester groups is 1. The average molecular weight is 1140 g/mol. The molecule has 0 aromatic rings. The van der Waals surface area contributed by atoms with E-state index in [1.807, 2.05) is 21.1 Å². The molecule has 0 aliphatic carbocycles. The van der Waals surface area contributed by atoms with Crippen molar-refractivity contribution in [1.29, 1.82) is 0 Å². The maximum absolute atomic E-state index is 12.8. The standard InChI is InChI=1S/C69H136NO8P/c1-6-8-10-12-14-16-18-20-22-24-25-26-27-28-29-30-31-32-33-34-35-36-37-38-39-40-41-42-43-44-45-46-48-49-51-53-55-57-59-61-68(71)75-65-67(66-77-79(73,74)76-64-63-70(3,4)5)78-69(72)62-60-58-56-54-52-50-47-23-21-19-17-15-13-11-9-7-2/h23,47,67H,6-22,24-46,48-66H2,1-5H3/b47-23-. The molecule has 9 nitrogen and oxygen atoms in total. The van der Waals surface area contributed by atoms with Crippen LogP contribution in [0.5, 0.6) is 0 Å². The van der Waals surface area contributed by atoms with Crippen LogP contribution in [0.2, 0.25) is 0 Å². The molecule has 0 rings (SSSR count). The van der Waals surface area contributed by atoms with Crippen LogP contribution in [-0.4, -0.2) is 70.0 Å². The van der Waals surface area contributed by atoms with Gasteiger partial charge in [-0.1, -0.05) is 328 Å². The second kappa shape index (κ2) is 61.3. The number of hydrogen-bond acceptors (Lipinski definition) is 8. The number of allylic oxidation sites excluding steroid dienone is 2. The van der Waals surface area contributed by atoms with Gasteiger partial charge in [0.15, 0.2) is 6.10 Å². The van der Waals surface area contributed by atoms with E-state index in [4.69, 9.17) is 18.5 Å². The van der Waals surface area contributed by atoms with E-state index in [0.717, 1.165) is 51.4 Å². The summed E-state index contributed by atoms with van der Waals surface area (Å²) >= 11 is 0. The predicted molar refractivity (Wildman–Crippen MR) is 338 cm³/mol. The van der Waals surface area contributed by atoms with Crippen molar-refractivity contribution in [1.82, 2.24) is 0 Å². The minimum Gasteiger partial charge on any atom is -0.756 e. The van der Waals surface area contributed by atoms with Crippen molar-refractivity contribution >= 4 is 19.8 Å². The van der Waals surface area contributed by atoms with E-state index in [-0.39, 0.29) is 32.0 Å². The fourth-order valence-electron chi connectivity index (χ4n) is 10.7. The minimum absolute atomic E-state index is 0.0287. The number of phosphoric acid groups is 1. The molecule has 79 heavy (non-hydrogen) atoms. The average Bonchev–Trinajstić information content (AvgIpc) is 3.41. The van der Waals surface area contributed by atoms with E-state index < -0.39 is 26.5 Å². The first-order valence-electron chi connectivity index (χ1n) is 34.9. The van der Waals surface area contributed by atoms with Crippen LogP contribution in [0.1, 0.15) is 367 Å². The lowest BCUT2D eigenvalue weighted by Gasteiger charge is -2.28. The highest BCUT2D eigenvalue weighted by Gasteiger charge is 2.22. The first kappa shape index (κ1) is 77.8. The third kappa shape index (κ3) is 65.8. The summed E-state index contributed by atoms with van der Waals surface area (Å²) in [6.45, 7) is 4.29. The molecule has 0 heterocycles. The van der Waals surface area contributed by atoms with Gasteiger partial charge in [-0.25, -0.2) is 0 Å². The molecule has 0 saturated carbocycles. The smallest absolute Gasteiger partial charge is 0.306 e. The number of hydrogen-bond donors (Lipinski definition) is 0. The van der Waals surface area contributed by atoms with Gasteiger partial charge in [-0.2, -0.15) is 0 Å². The van der Waals surface area contributed by atoms with Gasteiger partial charge in [0.1, 0.15) is 19.8 Å². The van der Waals surface area contributed by atoms with E-state index >= 15 is 0 Å². The zero-order valence-corrected chi connectivity index (χ0v) is 54.5. The number of esters is 2. The Morgan fingerprint density at radius 1 is 0.380 bits per heavy atom. The summed E-state index contributed by atoms with van der Waals surface area (Å²) in [4.78, 5) is 37.9. The lowest BCUT2D eigenvalue weighted by atomic mass is 10.0. The molecule has 0 N–H and O–H groups in total. The molecular formula is C69H136NO8P. The number of carbonyl (C=O) groups excluding carboxylic acids is 2. The van der Waals surface area contributed by atoms with E-state index in [2.05, 4.69) is 26.0 Å². The Bertz CT molecular complexity index is 1340. The second-order valence-electron chi connectivity index (χ2n) is 25.3. The van der Waals surface area contributed by atoms with Crippen LogP contribution in [-0.2, 0) is 32.7 Å². The zero-order valence-electron chi connectivity index (χ0n) is 53.6. The van der Waals surface area contributed by atoms with Gasteiger partial charge in [0.05, 0.1) is 27.7 Å². The minimum atomic E-state index is -4.63. The fraction of sp³-hybridized carbons (Fsp3) is 0.942. The molecule has 0 aliphatic rings. The fourth-order valence-corrected chi connectivity index (χ4v) is 11.4. The van der Waals surface area contributed by atoms with Crippen LogP contribution >= 0.6 is 7.82 Å². The van der Waals surface area contributed by atoms with Crippen LogP contribution < -0.4 is 4.89 Å². The maximum Gasteiger partial charge on any atom is 0.306 e. The normalized spacial score (nSPS) is 13.1. The number of ether oxygens (including phenoxy) is 2. The Morgan fingerprint density at radius 2 is 0.646 bits per heavy atom. The van der Waals surface area contributed by atoms with Crippen molar-refractivity contribution in [2.45, 2.75) is 373 Å². The number of likely N-dealkylation sites (N-methyl/N-ethyl adjacent to an activating group) is 1. The largest absolute Gasteiger partial charge is 0.756 e. The molecule has 0 spiro atoms. The lowest BCUT2D eigenvalue weighted by molar-refractivity contribution is -0.870. The van der Waals surface area contributed by atoms with Crippen molar-refractivity contribution in [3.05, 3.63) is 12.2 Å². The Hall–Kier alpha value is -1.25.